The van der Waals surface area contributed by atoms with Gasteiger partial charge in [0.1, 0.15) is 0 Å². The molecule has 3 nitrogen and oxygen atoms in total. The molecule has 3 heteroatoms. The van der Waals surface area contributed by atoms with E-state index in [-0.39, 0.29) is 6.04 Å². The van der Waals surface area contributed by atoms with Crippen molar-refractivity contribution >= 4 is 10.9 Å². The molecule has 2 N–H and O–H groups in total. The molecule has 1 aliphatic heterocycles. The summed E-state index contributed by atoms with van der Waals surface area (Å²) >= 11 is 0. The Hall–Kier alpha value is -1.45. The first-order valence-corrected chi connectivity index (χ1v) is 7.53. The number of ether oxygens (including phenoxy) is 1. The van der Waals surface area contributed by atoms with Gasteiger partial charge in [-0.05, 0) is 49.8 Å². The summed E-state index contributed by atoms with van der Waals surface area (Å²) in [7, 11) is 0. The van der Waals surface area contributed by atoms with Crippen molar-refractivity contribution < 1.29 is 4.74 Å². The van der Waals surface area contributed by atoms with E-state index in [1.165, 1.54) is 23.8 Å². The van der Waals surface area contributed by atoms with E-state index in [0.29, 0.717) is 6.10 Å². The molecule has 2 atom stereocenters. The molecule has 0 spiro atoms. The van der Waals surface area contributed by atoms with Gasteiger partial charge in [0.25, 0.3) is 0 Å². The van der Waals surface area contributed by atoms with E-state index in [9.17, 15) is 0 Å². The molecule has 20 heavy (non-hydrogen) atoms. The predicted molar refractivity (Wildman–Crippen MR) is 81.6 cm³/mol. The second kappa shape index (κ2) is 6.33. The maximum absolute atomic E-state index is 6.30. The summed E-state index contributed by atoms with van der Waals surface area (Å²) in [6.45, 7) is 0.925. The van der Waals surface area contributed by atoms with Crippen LogP contribution in [0, 0.1) is 0 Å². The highest BCUT2D eigenvalue weighted by molar-refractivity contribution is 5.81. The van der Waals surface area contributed by atoms with Crippen LogP contribution in [0.15, 0.2) is 36.5 Å². The summed E-state index contributed by atoms with van der Waals surface area (Å²) < 4.78 is 5.66. The Kier molecular flexibility index (Phi) is 4.28. The first kappa shape index (κ1) is 13.5. The summed E-state index contributed by atoms with van der Waals surface area (Å²) in [5.41, 5.74) is 8.65. The van der Waals surface area contributed by atoms with Crippen LogP contribution in [0.3, 0.4) is 0 Å². The van der Waals surface area contributed by atoms with Crippen LogP contribution in [0.4, 0.5) is 0 Å². The van der Waals surface area contributed by atoms with Gasteiger partial charge in [-0.25, -0.2) is 0 Å². The van der Waals surface area contributed by atoms with E-state index in [0.717, 1.165) is 31.4 Å². The first-order valence-electron chi connectivity index (χ1n) is 7.53. The molecule has 0 amide bonds. The minimum Gasteiger partial charge on any atom is -0.378 e. The number of aromatic nitrogens is 1. The quantitative estimate of drug-likeness (QED) is 0.908. The lowest BCUT2D eigenvalue weighted by Gasteiger charge is -2.15. The van der Waals surface area contributed by atoms with Gasteiger partial charge < -0.3 is 10.5 Å². The molecule has 1 saturated heterocycles. The van der Waals surface area contributed by atoms with Crippen LogP contribution in [0.25, 0.3) is 10.9 Å². The summed E-state index contributed by atoms with van der Waals surface area (Å²) in [4.78, 5) is 4.40. The Morgan fingerprint density at radius 3 is 3.05 bits per heavy atom. The number of fused-ring (bicyclic) bond motifs is 1. The SMILES string of the molecule is NC(CCC1CCCO1)Cc1ccnc2ccccc12. The van der Waals surface area contributed by atoms with Crippen molar-refractivity contribution in [2.24, 2.45) is 5.73 Å². The van der Waals surface area contributed by atoms with Gasteiger partial charge in [-0.1, -0.05) is 18.2 Å². The molecule has 0 aliphatic carbocycles. The Morgan fingerprint density at radius 1 is 1.30 bits per heavy atom. The molecule has 106 valence electrons. The molecule has 0 bridgehead atoms. The van der Waals surface area contributed by atoms with Crippen LogP contribution in [-0.4, -0.2) is 23.7 Å². The van der Waals surface area contributed by atoms with Gasteiger partial charge in [0.05, 0.1) is 11.6 Å². The normalized spacial score (nSPS) is 20.4. The number of rotatable bonds is 5. The number of para-hydroxylation sites is 1. The molecule has 1 aromatic heterocycles. The highest BCUT2D eigenvalue weighted by Crippen LogP contribution is 2.21. The number of nitrogens with two attached hydrogens (primary N) is 1. The molecule has 2 heterocycles. The molecule has 3 rings (SSSR count). The second-order valence-corrected chi connectivity index (χ2v) is 5.66. The molecule has 2 unspecified atom stereocenters. The Bertz CT molecular complexity index is 558. The van der Waals surface area contributed by atoms with E-state index >= 15 is 0 Å². The first-order chi connectivity index (χ1) is 9.83. The molecule has 1 fully saturated rings. The number of nitrogens with zero attached hydrogens (tertiary/aromatic N) is 1. The summed E-state index contributed by atoms with van der Waals surface area (Å²) in [5, 5.41) is 1.22. The standard InChI is InChI=1S/C17H22N2O/c18-14(7-8-15-4-3-11-20-15)12-13-9-10-19-17-6-2-1-5-16(13)17/h1-2,5-6,9-10,14-15H,3-4,7-8,11-12,18H2. The zero-order chi connectivity index (χ0) is 13.8. The van der Waals surface area contributed by atoms with Crippen LogP contribution >= 0.6 is 0 Å². The van der Waals surface area contributed by atoms with Gasteiger partial charge in [0.15, 0.2) is 0 Å². The van der Waals surface area contributed by atoms with Crippen LogP contribution in [0.5, 0.6) is 0 Å². The van der Waals surface area contributed by atoms with Crippen LogP contribution in [-0.2, 0) is 11.2 Å². The Morgan fingerprint density at radius 2 is 2.20 bits per heavy atom. The van der Waals surface area contributed by atoms with Gasteiger partial charge >= 0.3 is 0 Å². The fraction of sp³-hybridized carbons (Fsp3) is 0.471. The average Bonchev–Trinajstić information content (AvgIpc) is 2.99. The zero-order valence-corrected chi connectivity index (χ0v) is 11.8. The molecule has 1 aliphatic rings. The van der Waals surface area contributed by atoms with Crippen LogP contribution in [0.1, 0.15) is 31.2 Å². The topological polar surface area (TPSA) is 48.1 Å². The highest BCUT2D eigenvalue weighted by atomic mass is 16.5. The van der Waals surface area contributed by atoms with Crippen molar-refractivity contribution in [3.63, 3.8) is 0 Å². The average molecular weight is 270 g/mol. The zero-order valence-electron chi connectivity index (χ0n) is 11.8. The lowest BCUT2D eigenvalue weighted by atomic mass is 9.98. The van der Waals surface area contributed by atoms with Gasteiger partial charge in [-0.15, -0.1) is 0 Å². The number of benzene rings is 1. The van der Waals surface area contributed by atoms with E-state index in [2.05, 4.69) is 29.2 Å². The van der Waals surface area contributed by atoms with Crippen molar-refractivity contribution in [3.05, 3.63) is 42.1 Å². The lowest BCUT2D eigenvalue weighted by Crippen LogP contribution is -2.24. The fourth-order valence-corrected chi connectivity index (χ4v) is 2.99. The predicted octanol–water partition coefficient (Wildman–Crippen LogP) is 3.06. The van der Waals surface area contributed by atoms with Gasteiger partial charge in [0.2, 0.25) is 0 Å². The van der Waals surface area contributed by atoms with Crippen molar-refractivity contribution in [2.75, 3.05) is 6.61 Å². The van der Waals surface area contributed by atoms with Crippen LogP contribution < -0.4 is 5.73 Å². The monoisotopic (exact) mass is 270 g/mol. The van der Waals surface area contributed by atoms with Crippen molar-refractivity contribution in [1.29, 1.82) is 0 Å². The van der Waals surface area contributed by atoms with Gasteiger partial charge in [-0.3, -0.25) is 4.98 Å². The van der Waals surface area contributed by atoms with Crippen molar-refractivity contribution in [3.8, 4) is 0 Å². The second-order valence-electron chi connectivity index (χ2n) is 5.66. The lowest BCUT2D eigenvalue weighted by molar-refractivity contribution is 0.101. The van der Waals surface area contributed by atoms with E-state index < -0.39 is 0 Å². The third-order valence-electron chi connectivity index (χ3n) is 4.10. The summed E-state index contributed by atoms with van der Waals surface area (Å²) in [6.07, 6.45) is 7.75. The molecule has 0 radical (unpaired) electrons. The summed E-state index contributed by atoms with van der Waals surface area (Å²) in [5.74, 6) is 0. The van der Waals surface area contributed by atoms with Gasteiger partial charge in [-0.2, -0.15) is 0 Å². The third kappa shape index (κ3) is 3.17. The highest BCUT2D eigenvalue weighted by Gasteiger charge is 2.17. The smallest absolute Gasteiger partial charge is 0.0704 e. The minimum absolute atomic E-state index is 0.199. The largest absolute Gasteiger partial charge is 0.378 e. The van der Waals surface area contributed by atoms with Crippen LogP contribution in [0.2, 0.25) is 0 Å². The summed E-state index contributed by atoms with van der Waals surface area (Å²) in [6, 6.07) is 10.6. The minimum atomic E-state index is 0.199. The maximum atomic E-state index is 6.30. The molecule has 2 aromatic rings. The fourth-order valence-electron chi connectivity index (χ4n) is 2.99. The Balaban J connectivity index is 1.63. The molecular weight excluding hydrogens is 248 g/mol. The van der Waals surface area contributed by atoms with Crippen molar-refractivity contribution in [1.82, 2.24) is 4.98 Å². The number of hydrogen-bond acceptors (Lipinski definition) is 3. The maximum Gasteiger partial charge on any atom is 0.0704 e. The number of pyridine rings is 1. The number of hydrogen-bond donors (Lipinski definition) is 1. The van der Waals surface area contributed by atoms with Crippen molar-refractivity contribution in [2.45, 2.75) is 44.2 Å². The molecule has 1 aromatic carbocycles. The third-order valence-corrected chi connectivity index (χ3v) is 4.10. The molecule has 0 saturated carbocycles. The van der Waals surface area contributed by atoms with E-state index in [1.807, 2.05) is 12.3 Å². The van der Waals surface area contributed by atoms with E-state index in [4.69, 9.17) is 10.5 Å². The van der Waals surface area contributed by atoms with Gasteiger partial charge in [0, 0.05) is 24.2 Å². The molecular formula is C17H22N2O. The van der Waals surface area contributed by atoms with E-state index in [1.54, 1.807) is 0 Å². The Labute approximate surface area is 120 Å².